The number of benzene rings is 3. The zero-order valence-corrected chi connectivity index (χ0v) is 24.9. The summed E-state index contributed by atoms with van der Waals surface area (Å²) in [5, 5.41) is 14.0. The maximum absolute atomic E-state index is 14.0. The molecule has 2 atom stereocenters. The first-order valence-electron chi connectivity index (χ1n) is 14.2. The van der Waals surface area contributed by atoms with Crippen LogP contribution in [0.25, 0.3) is 22.0 Å². The third-order valence-corrected chi connectivity index (χ3v) is 9.14. The molecule has 0 spiro atoms. The quantitative estimate of drug-likeness (QED) is 0.214. The summed E-state index contributed by atoms with van der Waals surface area (Å²) in [7, 11) is 1.57. The molecule has 0 bridgehead atoms. The molecule has 3 aromatic carbocycles. The standard InChI is InChI=1S/C34H32ClFN2O5/c1-18-4-8-23-20(12-18)13-21(15-28(23)42-3)27(39)10-11-34(41,22-6-7-22)29-16-24-31(43-17-33(24,2)32(37)40)30(38-29)19-5-9-26(36)25(35)14-19/h4-5,8-9,12-16,22,41H,6-7,10-11,17H2,1-3H3,(H2,37,40)/t33-,34+/m0/s1. The number of fused-ring (bicyclic) bond motifs is 2. The van der Waals surface area contributed by atoms with Crippen molar-refractivity contribution in [3.8, 4) is 22.8 Å². The van der Waals surface area contributed by atoms with Gasteiger partial charge in [0.2, 0.25) is 5.91 Å². The maximum atomic E-state index is 14.0. The molecule has 6 rings (SSSR count). The van der Waals surface area contributed by atoms with E-state index in [1.54, 1.807) is 26.2 Å². The van der Waals surface area contributed by atoms with Gasteiger partial charge in [0.05, 0.1) is 17.8 Å². The number of carbonyl (C=O) groups excluding carboxylic acids is 2. The van der Waals surface area contributed by atoms with Gasteiger partial charge in [-0.15, -0.1) is 0 Å². The van der Waals surface area contributed by atoms with E-state index in [2.05, 4.69) is 0 Å². The summed E-state index contributed by atoms with van der Waals surface area (Å²) in [4.78, 5) is 31.0. The van der Waals surface area contributed by atoms with Crippen molar-refractivity contribution in [2.24, 2.45) is 11.7 Å². The van der Waals surface area contributed by atoms with Gasteiger partial charge in [-0.3, -0.25) is 9.59 Å². The van der Waals surface area contributed by atoms with E-state index >= 15 is 0 Å². The normalized spacial score (nSPS) is 19.0. The van der Waals surface area contributed by atoms with E-state index in [-0.39, 0.29) is 36.2 Å². The second-order valence-electron chi connectivity index (χ2n) is 11.9. The molecule has 0 saturated heterocycles. The van der Waals surface area contributed by atoms with Gasteiger partial charge in [0.1, 0.15) is 40.6 Å². The molecule has 2 heterocycles. The number of rotatable bonds is 9. The predicted molar refractivity (Wildman–Crippen MR) is 162 cm³/mol. The fourth-order valence-corrected chi connectivity index (χ4v) is 6.16. The summed E-state index contributed by atoms with van der Waals surface area (Å²) in [5.74, 6) is -0.511. The van der Waals surface area contributed by atoms with Gasteiger partial charge in [-0.05, 0) is 80.8 Å². The molecule has 2 aliphatic rings. The van der Waals surface area contributed by atoms with E-state index in [9.17, 15) is 19.1 Å². The van der Waals surface area contributed by atoms with Crippen molar-refractivity contribution in [2.45, 2.75) is 50.5 Å². The Hall–Kier alpha value is -4.01. The van der Waals surface area contributed by atoms with Crippen molar-refractivity contribution in [3.63, 3.8) is 0 Å². The predicted octanol–water partition coefficient (Wildman–Crippen LogP) is 6.41. The summed E-state index contributed by atoms with van der Waals surface area (Å²) >= 11 is 6.11. The molecule has 1 amide bonds. The van der Waals surface area contributed by atoms with Gasteiger partial charge in [0.25, 0.3) is 0 Å². The summed E-state index contributed by atoms with van der Waals surface area (Å²) in [6, 6.07) is 15.4. The number of halogens is 2. The van der Waals surface area contributed by atoms with Crippen molar-refractivity contribution in [2.75, 3.05) is 13.7 Å². The van der Waals surface area contributed by atoms with E-state index in [0.717, 1.165) is 29.2 Å². The number of aromatic nitrogens is 1. The fourth-order valence-electron chi connectivity index (χ4n) is 5.98. The number of amides is 1. The van der Waals surface area contributed by atoms with Gasteiger partial charge in [0.15, 0.2) is 5.78 Å². The second-order valence-corrected chi connectivity index (χ2v) is 12.3. The lowest BCUT2D eigenvalue weighted by Gasteiger charge is -2.30. The smallest absolute Gasteiger partial charge is 0.231 e. The number of hydrogen-bond acceptors (Lipinski definition) is 6. The van der Waals surface area contributed by atoms with Crippen LogP contribution in [0, 0.1) is 18.7 Å². The topological polar surface area (TPSA) is 112 Å². The molecule has 43 heavy (non-hydrogen) atoms. The van der Waals surface area contributed by atoms with E-state index in [0.29, 0.717) is 39.6 Å². The zero-order chi connectivity index (χ0) is 30.7. The van der Waals surface area contributed by atoms with Gasteiger partial charge >= 0.3 is 0 Å². The van der Waals surface area contributed by atoms with E-state index in [4.69, 9.17) is 31.8 Å². The largest absolute Gasteiger partial charge is 0.496 e. The lowest BCUT2D eigenvalue weighted by molar-refractivity contribution is -0.123. The van der Waals surface area contributed by atoms with Crippen molar-refractivity contribution >= 4 is 34.1 Å². The monoisotopic (exact) mass is 602 g/mol. The summed E-state index contributed by atoms with van der Waals surface area (Å²) in [5.41, 5.74) is 6.31. The Morgan fingerprint density at radius 1 is 1.19 bits per heavy atom. The van der Waals surface area contributed by atoms with Crippen LogP contribution in [0.5, 0.6) is 11.5 Å². The lowest BCUT2D eigenvalue weighted by atomic mass is 9.80. The highest BCUT2D eigenvalue weighted by Gasteiger charge is 2.49. The first-order chi connectivity index (χ1) is 20.4. The zero-order valence-electron chi connectivity index (χ0n) is 24.2. The molecule has 222 valence electrons. The minimum atomic E-state index is -1.47. The first-order valence-corrected chi connectivity index (χ1v) is 14.6. The molecule has 1 fully saturated rings. The van der Waals surface area contributed by atoms with Crippen molar-refractivity contribution in [3.05, 3.63) is 87.8 Å². The summed E-state index contributed by atoms with van der Waals surface area (Å²) < 4.78 is 25.6. The number of primary amides is 1. The average Bonchev–Trinajstić information content (AvgIpc) is 3.79. The van der Waals surface area contributed by atoms with E-state index < -0.39 is 22.7 Å². The Bertz CT molecular complexity index is 1810. The van der Waals surface area contributed by atoms with Gasteiger partial charge in [-0.25, -0.2) is 9.37 Å². The molecule has 3 N–H and O–H groups in total. The number of nitrogens with two attached hydrogens (primary N) is 1. The van der Waals surface area contributed by atoms with Crippen molar-refractivity contribution in [1.29, 1.82) is 0 Å². The Kier molecular flexibility index (Phi) is 7.18. The number of pyridine rings is 1. The SMILES string of the molecule is COc1cc(C(=O)CC[C@](O)(c2cc3c(c(-c4ccc(F)c(Cl)c4)n2)OC[C@]3(C)C(N)=O)C2CC2)cc2cc(C)ccc12. The van der Waals surface area contributed by atoms with Crippen LogP contribution in [0.3, 0.4) is 0 Å². The molecule has 1 aliphatic carbocycles. The lowest BCUT2D eigenvalue weighted by Crippen LogP contribution is -2.40. The molecule has 1 saturated carbocycles. The highest BCUT2D eigenvalue weighted by atomic mass is 35.5. The number of aryl methyl sites for hydroxylation is 1. The third kappa shape index (κ3) is 5.02. The van der Waals surface area contributed by atoms with Crippen molar-refractivity contribution in [1.82, 2.24) is 4.98 Å². The fraction of sp³-hybridized carbons (Fsp3) is 0.324. The molecule has 1 aliphatic heterocycles. The molecule has 0 unspecified atom stereocenters. The van der Waals surface area contributed by atoms with Crippen molar-refractivity contribution < 1.29 is 28.6 Å². The number of ketones is 1. The van der Waals surface area contributed by atoms with Crippen LogP contribution in [-0.2, 0) is 15.8 Å². The van der Waals surface area contributed by atoms with Crippen LogP contribution >= 0.6 is 11.6 Å². The Balaban J connectivity index is 1.40. The number of hydrogen-bond donors (Lipinski definition) is 2. The minimum Gasteiger partial charge on any atom is -0.496 e. The number of methoxy groups -OCH3 is 1. The molecule has 1 aromatic heterocycles. The molecular formula is C34H32ClFN2O5. The minimum absolute atomic E-state index is 0.00561. The van der Waals surface area contributed by atoms with Gasteiger partial charge in [-0.1, -0.05) is 35.4 Å². The highest BCUT2D eigenvalue weighted by Crippen LogP contribution is 2.52. The molecule has 0 radical (unpaired) electrons. The van der Waals surface area contributed by atoms with Gasteiger partial charge < -0.3 is 20.3 Å². The van der Waals surface area contributed by atoms with Crippen LogP contribution in [0.2, 0.25) is 5.02 Å². The van der Waals surface area contributed by atoms with E-state index in [1.807, 2.05) is 31.2 Å². The summed E-state index contributed by atoms with van der Waals surface area (Å²) in [6.45, 7) is 3.66. The van der Waals surface area contributed by atoms with Crippen LogP contribution in [-0.4, -0.2) is 35.5 Å². The van der Waals surface area contributed by atoms with Gasteiger partial charge in [0, 0.05) is 28.5 Å². The van der Waals surface area contributed by atoms with Crippen LogP contribution in [0.4, 0.5) is 4.39 Å². The second kappa shape index (κ2) is 10.6. The van der Waals surface area contributed by atoms with E-state index in [1.165, 1.54) is 18.2 Å². The number of Topliss-reactive ketones (excluding diaryl/α,β-unsaturated/α-hetero) is 1. The molecule has 7 nitrogen and oxygen atoms in total. The van der Waals surface area contributed by atoms with Crippen LogP contribution in [0.1, 0.15) is 59.8 Å². The number of nitrogens with zero attached hydrogens (tertiary/aromatic N) is 1. The highest BCUT2D eigenvalue weighted by molar-refractivity contribution is 6.31. The number of aliphatic hydroxyl groups is 1. The Labute approximate surface area is 253 Å². The number of carbonyl (C=O) groups is 2. The average molecular weight is 603 g/mol. The Morgan fingerprint density at radius 3 is 2.63 bits per heavy atom. The van der Waals surface area contributed by atoms with Crippen LogP contribution in [0.15, 0.2) is 54.6 Å². The van der Waals surface area contributed by atoms with Gasteiger partial charge in [-0.2, -0.15) is 0 Å². The van der Waals surface area contributed by atoms with Crippen LogP contribution < -0.4 is 15.2 Å². The Morgan fingerprint density at radius 2 is 1.95 bits per heavy atom. The first kappa shape index (κ1) is 29.1. The number of ether oxygens (including phenoxy) is 2. The summed E-state index contributed by atoms with van der Waals surface area (Å²) in [6.07, 6.45) is 1.67. The molecule has 4 aromatic rings. The molecular weight excluding hydrogens is 571 g/mol. The third-order valence-electron chi connectivity index (χ3n) is 8.85. The maximum Gasteiger partial charge on any atom is 0.231 e. The molecule has 9 heteroatoms.